The molecule has 1 amide bonds. The van der Waals surface area contributed by atoms with Crippen molar-refractivity contribution in [1.29, 1.82) is 0 Å². The third-order valence-corrected chi connectivity index (χ3v) is 5.41. The molecular weight excluding hydrogens is 433 g/mol. The molecule has 0 fully saturated rings. The maximum Gasteiger partial charge on any atom is 0.416 e. The lowest BCUT2D eigenvalue weighted by Crippen LogP contribution is -2.14. The topological polar surface area (TPSA) is 98.2 Å². The normalized spacial score (nSPS) is 12.6. The van der Waals surface area contributed by atoms with Crippen LogP contribution in [0.25, 0.3) is 16.8 Å². The van der Waals surface area contributed by atoms with Crippen molar-refractivity contribution < 1.29 is 18.0 Å². The fourth-order valence-electron chi connectivity index (χ4n) is 3.46. The SMILES string of the molecule is CC[C@@H](C)c1nc(-c2ccc(C(=O)Nc3cc(C(F)(F)F)ccn3)cc2)c2c(N)nccn12. The number of amides is 1. The number of alkyl halides is 3. The van der Waals surface area contributed by atoms with Crippen molar-refractivity contribution in [2.45, 2.75) is 32.4 Å². The van der Waals surface area contributed by atoms with Crippen molar-refractivity contribution in [3.05, 3.63) is 71.9 Å². The Kier molecular flexibility index (Phi) is 5.75. The van der Waals surface area contributed by atoms with Gasteiger partial charge in [-0.3, -0.25) is 9.20 Å². The zero-order chi connectivity index (χ0) is 23.8. The largest absolute Gasteiger partial charge is 0.416 e. The number of hydrogen-bond acceptors (Lipinski definition) is 5. The lowest BCUT2D eigenvalue weighted by Gasteiger charge is -2.09. The summed E-state index contributed by atoms with van der Waals surface area (Å²) in [4.78, 5) is 25.3. The molecule has 0 spiro atoms. The number of nitrogens with two attached hydrogens (primary N) is 1. The molecule has 4 rings (SSSR count). The van der Waals surface area contributed by atoms with Crippen molar-refractivity contribution in [1.82, 2.24) is 19.4 Å². The van der Waals surface area contributed by atoms with Gasteiger partial charge in [0.1, 0.15) is 28.7 Å². The molecule has 0 aliphatic rings. The van der Waals surface area contributed by atoms with E-state index in [1.807, 2.05) is 10.6 Å². The van der Waals surface area contributed by atoms with Crippen molar-refractivity contribution in [2.75, 3.05) is 11.1 Å². The van der Waals surface area contributed by atoms with E-state index in [-0.39, 0.29) is 17.3 Å². The van der Waals surface area contributed by atoms with Gasteiger partial charge in [-0.05, 0) is 30.7 Å². The predicted octanol–water partition coefficient (Wildman–Crippen LogP) is 5.16. The summed E-state index contributed by atoms with van der Waals surface area (Å²) in [6.07, 6.45) is 0.798. The van der Waals surface area contributed by atoms with Gasteiger partial charge in [-0.2, -0.15) is 13.2 Å². The Morgan fingerprint density at radius 1 is 1.15 bits per heavy atom. The molecule has 33 heavy (non-hydrogen) atoms. The number of imidazole rings is 1. The van der Waals surface area contributed by atoms with E-state index >= 15 is 0 Å². The van der Waals surface area contributed by atoms with Gasteiger partial charge in [-0.25, -0.2) is 15.0 Å². The van der Waals surface area contributed by atoms with Gasteiger partial charge in [-0.1, -0.05) is 26.0 Å². The second kappa shape index (κ2) is 8.53. The molecule has 0 aliphatic carbocycles. The Morgan fingerprint density at radius 2 is 1.88 bits per heavy atom. The molecule has 3 N–H and O–H groups in total. The number of aromatic nitrogens is 4. The molecular formula is C23H21F3N6O. The van der Waals surface area contributed by atoms with Gasteiger partial charge < -0.3 is 11.1 Å². The molecule has 0 saturated heterocycles. The molecule has 1 atom stereocenters. The van der Waals surface area contributed by atoms with Crippen LogP contribution in [0.4, 0.5) is 24.8 Å². The van der Waals surface area contributed by atoms with E-state index in [9.17, 15) is 18.0 Å². The number of rotatable bonds is 5. The van der Waals surface area contributed by atoms with E-state index in [0.717, 1.165) is 36.1 Å². The summed E-state index contributed by atoms with van der Waals surface area (Å²) in [6.45, 7) is 4.15. The summed E-state index contributed by atoms with van der Waals surface area (Å²) >= 11 is 0. The number of nitrogens with one attached hydrogen (secondary N) is 1. The van der Waals surface area contributed by atoms with Crippen LogP contribution < -0.4 is 11.1 Å². The average molecular weight is 454 g/mol. The van der Waals surface area contributed by atoms with Crippen LogP contribution in [-0.4, -0.2) is 25.3 Å². The lowest BCUT2D eigenvalue weighted by atomic mass is 10.1. The summed E-state index contributed by atoms with van der Waals surface area (Å²) in [6, 6.07) is 8.19. The van der Waals surface area contributed by atoms with Crippen LogP contribution in [-0.2, 0) is 6.18 Å². The third-order valence-electron chi connectivity index (χ3n) is 5.41. The highest BCUT2D eigenvalue weighted by Crippen LogP contribution is 2.32. The Hall–Kier alpha value is -3.95. The van der Waals surface area contributed by atoms with Gasteiger partial charge in [0.25, 0.3) is 5.91 Å². The minimum absolute atomic E-state index is 0.184. The maximum absolute atomic E-state index is 12.9. The molecule has 10 heteroatoms. The van der Waals surface area contributed by atoms with Crippen LogP contribution in [0, 0.1) is 0 Å². The minimum atomic E-state index is -4.53. The summed E-state index contributed by atoms with van der Waals surface area (Å²) in [5.74, 6) is 0.625. The summed E-state index contributed by atoms with van der Waals surface area (Å²) < 4.78 is 40.6. The van der Waals surface area contributed by atoms with E-state index in [2.05, 4.69) is 29.1 Å². The molecule has 3 aromatic heterocycles. The Labute approximate surface area is 187 Å². The van der Waals surface area contributed by atoms with Crippen LogP contribution in [0.3, 0.4) is 0 Å². The number of carbonyl (C=O) groups is 1. The average Bonchev–Trinajstić information content (AvgIpc) is 3.19. The van der Waals surface area contributed by atoms with Gasteiger partial charge in [0.15, 0.2) is 0 Å². The molecule has 3 heterocycles. The third kappa shape index (κ3) is 4.36. The quantitative estimate of drug-likeness (QED) is 0.434. The summed E-state index contributed by atoms with van der Waals surface area (Å²) in [7, 11) is 0. The van der Waals surface area contributed by atoms with E-state index in [0.29, 0.717) is 17.0 Å². The number of pyridine rings is 1. The number of fused-ring (bicyclic) bond motifs is 1. The van der Waals surface area contributed by atoms with Crippen molar-refractivity contribution >= 4 is 23.1 Å². The fourth-order valence-corrected chi connectivity index (χ4v) is 3.46. The zero-order valence-corrected chi connectivity index (χ0v) is 17.9. The second-order valence-electron chi connectivity index (χ2n) is 7.62. The van der Waals surface area contributed by atoms with E-state index < -0.39 is 17.6 Å². The number of anilines is 2. The molecule has 170 valence electrons. The zero-order valence-electron chi connectivity index (χ0n) is 17.9. The van der Waals surface area contributed by atoms with Crippen LogP contribution in [0.1, 0.15) is 47.9 Å². The van der Waals surface area contributed by atoms with Crippen molar-refractivity contribution in [2.24, 2.45) is 0 Å². The standard InChI is InChI=1S/C23H21F3N6O/c1-3-13(2)21-31-18(19-20(27)29-10-11-32(19)21)14-4-6-15(7-5-14)22(33)30-17-12-16(8-9-28-17)23(24,25)26/h4-13H,3H2,1-2H3,(H2,27,29)(H,28,30,33)/t13-/m1/s1. The van der Waals surface area contributed by atoms with E-state index in [1.165, 1.54) is 0 Å². The van der Waals surface area contributed by atoms with Crippen molar-refractivity contribution in [3.63, 3.8) is 0 Å². The van der Waals surface area contributed by atoms with Crippen LogP contribution in [0.15, 0.2) is 55.0 Å². The molecule has 0 bridgehead atoms. The molecule has 4 aromatic rings. The van der Waals surface area contributed by atoms with Gasteiger partial charge in [0.05, 0.1) is 5.56 Å². The molecule has 1 aromatic carbocycles. The van der Waals surface area contributed by atoms with Gasteiger partial charge in [0, 0.05) is 35.6 Å². The lowest BCUT2D eigenvalue weighted by molar-refractivity contribution is -0.137. The van der Waals surface area contributed by atoms with Crippen LogP contribution in [0.5, 0.6) is 0 Å². The smallest absolute Gasteiger partial charge is 0.382 e. The van der Waals surface area contributed by atoms with Crippen molar-refractivity contribution in [3.8, 4) is 11.3 Å². The molecule has 0 radical (unpaired) electrons. The predicted molar refractivity (Wildman–Crippen MR) is 119 cm³/mol. The number of halogens is 3. The highest BCUT2D eigenvalue weighted by atomic mass is 19.4. The molecule has 7 nitrogen and oxygen atoms in total. The van der Waals surface area contributed by atoms with Gasteiger partial charge in [-0.15, -0.1) is 0 Å². The van der Waals surface area contributed by atoms with Gasteiger partial charge >= 0.3 is 6.18 Å². The highest BCUT2D eigenvalue weighted by molar-refractivity contribution is 6.04. The summed E-state index contributed by atoms with van der Waals surface area (Å²) in [5, 5.41) is 2.40. The Morgan fingerprint density at radius 3 is 2.55 bits per heavy atom. The number of nitrogens with zero attached hydrogens (tertiary/aromatic N) is 4. The first-order chi connectivity index (χ1) is 15.7. The second-order valence-corrected chi connectivity index (χ2v) is 7.62. The van der Waals surface area contributed by atoms with Crippen LogP contribution in [0.2, 0.25) is 0 Å². The Bertz CT molecular complexity index is 1310. The fraction of sp³-hybridized carbons (Fsp3) is 0.217. The van der Waals surface area contributed by atoms with Crippen LogP contribution >= 0.6 is 0 Å². The maximum atomic E-state index is 12.9. The van der Waals surface area contributed by atoms with E-state index in [1.54, 1.807) is 30.5 Å². The highest BCUT2D eigenvalue weighted by Gasteiger charge is 2.31. The first kappa shape index (κ1) is 22.3. The van der Waals surface area contributed by atoms with Gasteiger partial charge in [0.2, 0.25) is 0 Å². The molecule has 0 saturated carbocycles. The Balaban J connectivity index is 1.63. The monoisotopic (exact) mass is 454 g/mol. The number of nitrogen functional groups attached to an aromatic ring is 1. The minimum Gasteiger partial charge on any atom is -0.382 e. The first-order valence-electron chi connectivity index (χ1n) is 10.3. The molecule has 0 aliphatic heterocycles. The molecule has 0 unspecified atom stereocenters. The summed E-state index contributed by atoms with van der Waals surface area (Å²) in [5.41, 5.74) is 7.55. The first-order valence-corrected chi connectivity index (χ1v) is 10.3. The number of carbonyl (C=O) groups excluding carboxylic acids is 1. The van der Waals surface area contributed by atoms with E-state index in [4.69, 9.17) is 10.7 Å². The number of hydrogen-bond donors (Lipinski definition) is 2. The number of benzene rings is 1.